The lowest BCUT2D eigenvalue weighted by molar-refractivity contribution is -0.943. The van der Waals surface area contributed by atoms with E-state index in [0.717, 1.165) is 25.9 Å². The molecular formula is C17H20N3O2S+. The number of hydrogen-bond acceptors (Lipinski definition) is 3. The standard InChI is InChI=1S/C17H19N3O2S/c1-2-14-12-20-7-6-15(14)9-16(20)11-19-23(21,22)17-5-3-4-13(8-17)10-18/h1,3-5,8,14-16,19H,6-7,9,11-12H2/p+1/t14-,15-,16+/m0/s1. The summed E-state index contributed by atoms with van der Waals surface area (Å²) in [6, 6.07) is 8.34. The molecule has 3 heterocycles. The van der Waals surface area contributed by atoms with E-state index in [1.165, 1.54) is 17.0 Å². The van der Waals surface area contributed by atoms with Crippen molar-refractivity contribution in [1.29, 1.82) is 5.26 Å². The van der Waals surface area contributed by atoms with Crippen LogP contribution in [0.2, 0.25) is 0 Å². The fourth-order valence-corrected chi connectivity index (χ4v) is 4.88. The van der Waals surface area contributed by atoms with Crippen molar-refractivity contribution in [2.24, 2.45) is 11.8 Å². The van der Waals surface area contributed by atoms with E-state index in [2.05, 4.69) is 10.6 Å². The van der Waals surface area contributed by atoms with Crippen molar-refractivity contribution in [3.63, 3.8) is 0 Å². The summed E-state index contributed by atoms with van der Waals surface area (Å²) in [6.45, 7) is 2.43. The van der Waals surface area contributed by atoms with Crippen molar-refractivity contribution in [3.8, 4) is 18.4 Å². The Labute approximate surface area is 137 Å². The zero-order valence-electron chi connectivity index (χ0n) is 12.8. The van der Waals surface area contributed by atoms with Crippen LogP contribution in [0.4, 0.5) is 0 Å². The molecule has 23 heavy (non-hydrogen) atoms. The maximum atomic E-state index is 12.4. The van der Waals surface area contributed by atoms with Crippen molar-refractivity contribution in [3.05, 3.63) is 29.8 Å². The molecule has 0 aliphatic carbocycles. The molecule has 2 bridgehead atoms. The van der Waals surface area contributed by atoms with Gasteiger partial charge in [0.25, 0.3) is 0 Å². The van der Waals surface area contributed by atoms with Gasteiger partial charge in [0.2, 0.25) is 10.0 Å². The van der Waals surface area contributed by atoms with E-state index in [-0.39, 0.29) is 10.9 Å². The molecule has 1 aromatic rings. The van der Waals surface area contributed by atoms with Gasteiger partial charge in [-0.3, -0.25) is 0 Å². The molecular weight excluding hydrogens is 310 g/mol. The lowest BCUT2D eigenvalue weighted by Gasteiger charge is -2.45. The van der Waals surface area contributed by atoms with Crippen molar-refractivity contribution in [2.75, 3.05) is 19.6 Å². The van der Waals surface area contributed by atoms with Crippen LogP contribution in [0.5, 0.6) is 0 Å². The normalized spacial score (nSPS) is 29.7. The second kappa shape index (κ2) is 6.33. The van der Waals surface area contributed by atoms with E-state index >= 15 is 0 Å². The Morgan fingerprint density at radius 1 is 1.43 bits per heavy atom. The Balaban J connectivity index is 1.67. The fraction of sp³-hybridized carbons (Fsp3) is 0.471. The van der Waals surface area contributed by atoms with Crippen molar-refractivity contribution in [2.45, 2.75) is 23.8 Å². The van der Waals surface area contributed by atoms with Crippen LogP contribution in [0.3, 0.4) is 0 Å². The molecule has 0 spiro atoms. The van der Waals surface area contributed by atoms with Crippen LogP contribution < -0.4 is 9.62 Å². The smallest absolute Gasteiger partial charge is 0.240 e. The summed E-state index contributed by atoms with van der Waals surface area (Å²) < 4.78 is 27.5. The molecule has 4 rings (SSSR count). The van der Waals surface area contributed by atoms with Crippen LogP contribution in [0.25, 0.3) is 0 Å². The third kappa shape index (κ3) is 3.25. The number of nitriles is 1. The van der Waals surface area contributed by atoms with Gasteiger partial charge < -0.3 is 4.90 Å². The largest absolute Gasteiger partial charge is 0.330 e. The van der Waals surface area contributed by atoms with E-state index in [1.54, 1.807) is 12.1 Å². The number of fused-ring (bicyclic) bond motifs is 3. The topological polar surface area (TPSA) is 74.4 Å². The highest BCUT2D eigenvalue weighted by Crippen LogP contribution is 2.26. The van der Waals surface area contributed by atoms with Gasteiger partial charge in [0.05, 0.1) is 42.1 Å². The van der Waals surface area contributed by atoms with Gasteiger partial charge in [-0.05, 0) is 24.1 Å². The van der Waals surface area contributed by atoms with E-state index < -0.39 is 10.0 Å². The van der Waals surface area contributed by atoms with Gasteiger partial charge in [0.15, 0.2) is 0 Å². The Kier molecular flexibility index (Phi) is 4.41. The number of sulfonamides is 1. The van der Waals surface area contributed by atoms with Crippen molar-refractivity contribution >= 4 is 10.0 Å². The van der Waals surface area contributed by atoms with Crippen LogP contribution in [-0.4, -0.2) is 34.1 Å². The molecule has 0 saturated carbocycles. The highest BCUT2D eigenvalue weighted by molar-refractivity contribution is 7.89. The number of piperidine rings is 3. The monoisotopic (exact) mass is 330 g/mol. The minimum absolute atomic E-state index is 0.143. The molecule has 4 atom stereocenters. The van der Waals surface area contributed by atoms with Crippen molar-refractivity contribution in [1.82, 2.24) is 4.72 Å². The van der Waals surface area contributed by atoms with Gasteiger partial charge in [-0.25, -0.2) is 13.1 Å². The molecule has 2 N–H and O–H groups in total. The molecule has 3 aliphatic heterocycles. The molecule has 1 unspecified atom stereocenters. The highest BCUT2D eigenvalue weighted by Gasteiger charge is 2.42. The molecule has 3 fully saturated rings. The minimum atomic E-state index is -3.58. The average molecular weight is 330 g/mol. The summed E-state index contributed by atoms with van der Waals surface area (Å²) >= 11 is 0. The van der Waals surface area contributed by atoms with Crippen LogP contribution in [0.15, 0.2) is 29.2 Å². The fourth-order valence-electron chi connectivity index (χ4n) is 3.76. The molecule has 1 aromatic carbocycles. The molecule has 0 radical (unpaired) electrons. The second-order valence-corrected chi connectivity index (χ2v) is 8.13. The van der Waals surface area contributed by atoms with Crippen molar-refractivity contribution < 1.29 is 13.3 Å². The maximum Gasteiger partial charge on any atom is 0.240 e. The Bertz CT molecular complexity index is 776. The Morgan fingerprint density at radius 2 is 2.26 bits per heavy atom. The Hall–Kier alpha value is -1.86. The number of benzene rings is 1. The molecule has 120 valence electrons. The molecule has 6 heteroatoms. The van der Waals surface area contributed by atoms with E-state index in [9.17, 15) is 8.42 Å². The number of nitrogens with zero attached hydrogens (tertiary/aromatic N) is 1. The van der Waals surface area contributed by atoms with Gasteiger partial charge in [0, 0.05) is 12.8 Å². The van der Waals surface area contributed by atoms with E-state index in [4.69, 9.17) is 11.7 Å². The quantitative estimate of drug-likeness (QED) is 0.749. The summed E-state index contributed by atoms with van der Waals surface area (Å²) in [5.74, 6) is 3.73. The zero-order chi connectivity index (χ0) is 16.4. The Morgan fingerprint density at radius 3 is 2.91 bits per heavy atom. The highest BCUT2D eigenvalue weighted by atomic mass is 32.2. The minimum Gasteiger partial charge on any atom is -0.330 e. The van der Waals surface area contributed by atoms with Gasteiger partial charge >= 0.3 is 0 Å². The van der Waals surface area contributed by atoms with Gasteiger partial charge in [0.1, 0.15) is 6.04 Å². The first-order chi connectivity index (χ1) is 11.0. The summed E-state index contributed by atoms with van der Waals surface area (Å²) in [7, 11) is -3.58. The molecule has 3 aliphatic rings. The van der Waals surface area contributed by atoms with Crippen LogP contribution >= 0.6 is 0 Å². The van der Waals surface area contributed by atoms with E-state index in [0.29, 0.717) is 23.9 Å². The predicted octanol–water partition coefficient (Wildman–Crippen LogP) is -0.237. The third-order valence-corrected chi connectivity index (χ3v) is 6.48. The molecule has 5 nitrogen and oxygen atoms in total. The van der Waals surface area contributed by atoms with Crippen LogP contribution in [-0.2, 0) is 10.0 Å². The number of nitrogens with one attached hydrogen (secondary N) is 2. The SMILES string of the molecule is C#C[C@H]1C[NH+]2CC[C@H]1C[C@@H]2CNS(=O)(=O)c1cccc(C#N)c1. The number of terminal acetylenes is 1. The summed E-state index contributed by atoms with van der Waals surface area (Å²) in [6.07, 6.45) is 7.69. The zero-order valence-corrected chi connectivity index (χ0v) is 13.6. The number of quaternary nitrogens is 1. The van der Waals surface area contributed by atoms with Gasteiger partial charge in [-0.2, -0.15) is 5.26 Å². The lowest BCUT2D eigenvalue weighted by atomic mass is 9.76. The van der Waals surface area contributed by atoms with E-state index in [1.807, 2.05) is 6.07 Å². The first kappa shape index (κ1) is 16.0. The molecule has 0 aromatic heterocycles. The molecule has 3 saturated heterocycles. The summed E-state index contributed by atoms with van der Waals surface area (Å²) in [4.78, 5) is 1.55. The van der Waals surface area contributed by atoms with Gasteiger partial charge in [-0.15, -0.1) is 6.42 Å². The number of rotatable bonds is 4. The second-order valence-electron chi connectivity index (χ2n) is 6.36. The first-order valence-electron chi connectivity index (χ1n) is 7.84. The molecule has 0 amide bonds. The van der Waals surface area contributed by atoms with Gasteiger partial charge in [-0.1, -0.05) is 12.0 Å². The average Bonchev–Trinajstić information content (AvgIpc) is 2.60. The predicted molar refractivity (Wildman–Crippen MR) is 85.9 cm³/mol. The summed E-state index contributed by atoms with van der Waals surface area (Å²) in [5, 5.41) is 8.90. The first-order valence-corrected chi connectivity index (χ1v) is 9.32. The maximum absolute atomic E-state index is 12.4. The van der Waals surface area contributed by atoms with Crippen LogP contribution in [0, 0.1) is 35.5 Å². The summed E-state index contributed by atoms with van der Waals surface area (Å²) in [5.41, 5.74) is 0.343. The third-order valence-electron chi connectivity index (χ3n) is 5.06. The lowest BCUT2D eigenvalue weighted by Crippen LogP contribution is -3.20. The number of hydrogen-bond donors (Lipinski definition) is 2. The van der Waals surface area contributed by atoms with Crippen LogP contribution in [0.1, 0.15) is 18.4 Å².